The molecule has 2 aromatic rings. The average Bonchev–Trinajstić information content (AvgIpc) is 2.85. The number of halogens is 2. The number of aromatic nitrogens is 2. The van der Waals surface area contributed by atoms with Gasteiger partial charge in [0.1, 0.15) is 10.0 Å². The van der Waals surface area contributed by atoms with Gasteiger partial charge >= 0.3 is 0 Å². The van der Waals surface area contributed by atoms with Crippen LogP contribution in [0.25, 0.3) is 0 Å². The zero-order valence-corrected chi connectivity index (χ0v) is 13.0. The molecule has 1 aliphatic rings. The highest BCUT2D eigenvalue weighted by Gasteiger charge is 2.23. The van der Waals surface area contributed by atoms with Gasteiger partial charge in [0.25, 0.3) is 0 Å². The molecule has 20 heavy (non-hydrogen) atoms. The third kappa shape index (κ3) is 3.30. The average molecular weight is 330 g/mol. The van der Waals surface area contributed by atoms with Gasteiger partial charge in [-0.05, 0) is 17.7 Å². The van der Waals surface area contributed by atoms with Crippen molar-refractivity contribution < 1.29 is 4.74 Å². The van der Waals surface area contributed by atoms with E-state index >= 15 is 0 Å². The molecule has 3 rings (SSSR count). The van der Waals surface area contributed by atoms with E-state index in [1.54, 1.807) is 0 Å². The fraction of sp³-hybridized carbons (Fsp3) is 0.385. The quantitative estimate of drug-likeness (QED) is 0.864. The van der Waals surface area contributed by atoms with Gasteiger partial charge in [-0.15, -0.1) is 5.10 Å². The van der Waals surface area contributed by atoms with Gasteiger partial charge in [-0.1, -0.05) is 39.8 Å². The molecule has 1 atom stereocenters. The lowest BCUT2D eigenvalue weighted by molar-refractivity contribution is -0.0332. The molecule has 1 saturated heterocycles. The molecule has 0 radical (unpaired) electrons. The van der Waals surface area contributed by atoms with Gasteiger partial charge in [0, 0.05) is 36.2 Å². The van der Waals surface area contributed by atoms with E-state index in [0.717, 1.165) is 29.4 Å². The summed E-state index contributed by atoms with van der Waals surface area (Å²) in [5.41, 5.74) is 1.98. The summed E-state index contributed by atoms with van der Waals surface area (Å²) in [6, 6.07) is 7.79. The summed E-state index contributed by atoms with van der Waals surface area (Å²) in [5, 5.41) is 4.79. The Morgan fingerprint density at radius 1 is 1.30 bits per heavy atom. The van der Waals surface area contributed by atoms with Crippen molar-refractivity contribution >= 4 is 34.7 Å². The first-order chi connectivity index (χ1) is 9.72. The Bertz CT molecular complexity index is 575. The molecule has 7 heteroatoms. The summed E-state index contributed by atoms with van der Waals surface area (Å²) < 4.78 is 10.4. The summed E-state index contributed by atoms with van der Waals surface area (Å²) in [6.07, 6.45) is 0.0615. The normalized spacial score (nSPS) is 20.2. The third-order valence-electron chi connectivity index (χ3n) is 3.28. The number of morpholine rings is 1. The zero-order valence-electron chi connectivity index (χ0n) is 10.6. The first-order valence-corrected chi connectivity index (χ1v) is 7.81. The number of benzene rings is 1. The number of nitrogens with zero attached hydrogens (tertiary/aromatic N) is 3. The molecule has 2 heterocycles. The Morgan fingerprint density at radius 2 is 2.10 bits per heavy atom. The molecule has 0 N–H and O–H groups in total. The number of hydrogen-bond donors (Lipinski definition) is 0. The van der Waals surface area contributed by atoms with Gasteiger partial charge in [0.05, 0.1) is 12.7 Å². The summed E-state index contributed by atoms with van der Waals surface area (Å²) in [5.74, 6) is 0. The van der Waals surface area contributed by atoms with Crippen molar-refractivity contribution in [2.45, 2.75) is 12.6 Å². The van der Waals surface area contributed by atoms with E-state index in [2.05, 4.69) is 14.5 Å². The van der Waals surface area contributed by atoms with Crippen molar-refractivity contribution in [3.63, 3.8) is 0 Å². The molecule has 0 bridgehead atoms. The number of rotatable bonds is 3. The van der Waals surface area contributed by atoms with Gasteiger partial charge in [-0.3, -0.25) is 4.90 Å². The minimum absolute atomic E-state index is 0.0615. The van der Waals surface area contributed by atoms with E-state index in [1.807, 2.05) is 24.3 Å². The molecule has 1 aromatic heterocycles. The van der Waals surface area contributed by atoms with Crippen LogP contribution in [0.5, 0.6) is 0 Å². The predicted molar refractivity (Wildman–Crippen MR) is 80.3 cm³/mol. The lowest BCUT2D eigenvalue weighted by atomic mass is 10.1. The van der Waals surface area contributed by atoms with Crippen LogP contribution in [0.1, 0.15) is 17.4 Å². The van der Waals surface area contributed by atoms with Crippen molar-refractivity contribution in [1.82, 2.24) is 14.5 Å². The van der Waals surface area contributed by atoms with Gasteiger partial charge in [-0.2, -0.15) is 0 Å². The molecule has 0 aliphatic carbocycles. The maximum absolute atomic E-state index is 6.05. The second-order valence-electron chi connectivity index (χ2n) is 4.64. The van der Waals surface area contributed by atoms with Crippen LogP contribution in [0, 0.1) is 0 Å². The van der Waals surface area contributed by atoms with Gasteiger partial charge in [-0.25, -0.2) is 0 Å². The second kappa shape index (κ2) is 6.37. The monoisotopic (exact) mass is 329 g/mol. The highest BCUT2D eigenvalue weighted by atomic mass is 35.5. The number of ether oxygens (including phenoxy) is 1. The Balaban J connectivity index is 1.67. The fourth-order valence-corrected chi connectivity index (χ4v) is 2.97. The van der Waals surface area contributed by atoms with Crippen molar-refractivity contribution in [3.05, 3.63) is 44.9 Å². The highest BCUT2D eigenvalue weighted by Crippen LogP contribution is 2.26. The van der Waals surface area contributed by atoms with Crippen LogP contribution in [0.3, 0.4) is 0 Å². The predicted octanol–water partition coefficient (Wildman–Crippen LogP) is 3.42. The lowest BCUT2D eigenvalue weighted by Crippen LogP contribution is -2.37. The molecule has 0 amide bonds. The number of hydrogen-bond acceptors (Lipinski definition) is 5. The van der Waals surface area contributed by atoms with Crippen LogP contribution in [-0.2, 0) is 11.3 Å². The SMILES string of the molecule is Clc1ccc(C2CN(Cc3nnsc3Cl)CCO2)cc1. The van der Waals surface area contributed by atoms with E-state index in [9.17, 15) is 0 Å². The summed E-state index contributed by atoms with van der Waals surface area (Å²) >= 11 is 13.2. The Kier molecular flexibility index (Phi) is 4.53. The van der Waals surface area contributed by atoms with E-state index in [1.165, 1.54) is 11.5 Å². The lowest BCUT2D eigenvalue weighted by Gasteiger charge is -2.32. The van der Waals surface area contributed by atoms with Crippen molar-refractivity contribution in [1.29, 1.82) is 0 Å². The Hall–Kier alpha value is -0.720. The molecule has 0 spiro atoms. The van der Waals surface area contributed by atoms with E-state index < -0.39 is 0 Å². The second-order valence-corrected chi connectivity index (χ2v) is 6.43. The minimum Gasteiger partial charge on any atom is -0.371 e. The fourth-order valence-electron chi connectivity index (χ4n) is 2.23. The van der Waals surface area contributed by atoms with Crippen LogP contribution < -0.4 is 0 Å². The zero-order chi connectivity index (χ0) is 13.9. The third-order valence-corrected chi connectivity index (χ3v) is 4.51. The van der Waals surface area contributed by atoms with E-state index in [-0.39, 0.29) is 6.10 Å². The topological polar surface area (TPSA) is 38.2 Å². The first kappa shape index (κ1) is 14.2. The highest BCUT2D eigenvalue weighted by molar-refractivity contribution is 7.10. The van der Waals surface area contributed by atoms with Crippen LogP contribution in [0.2, 0.25) is 9.36 Å². The van der Waals surface area contributed by atoms with E-state index in [0.29, 0.717) is 17.5 Å². The summed E-state index contributed by atoms with van der Waals surface area (Å²) in [6.45, 7) is 3.10. The molecular weight excluding hydrogens is 317 g/mol. The minimum atomic E-state index is 0.0615. The van der Waals surface area contributed by atoms with Crippen LogP contribution >= 0.6 is 34.7 Å². The smallest absolute Gasteiger partial charge is 0.138 e. The van der Waals surface area contributed by atoms with Crippen LogP contribution in [-0.4, -0.2) is 34.2 Å². The van der Waals surface area contributed by atoms with Crippen LogP contribution in [0.4, 0.5) is 0 Å². The maximum Gasteiger partial charge on any atom is 0.138 e. The molecular formula is C13H13Cl2N3OS. The molecule has 1 unspecified atom stereocenters. The molecule has 1 aromatic carbocycles. The Labute approximate surface area is 131 Å². The molecule has 106 valence electrons. The van der Waals surface area contributed by atoms with E-state index in [4.69, 9.17) is 27.9 Å². The largest absolute Gasteiger partial charge is 0.371 e. The van der Waals surface area contributed by atoms with Gasteiger partial charge in [0.15, 0.2) is 0 Å². The Morgan fingerprint density at radius 3 is 2.80 bits per heavy atom. The molecule has 0 saturated carbocycles. The van der Waals surface area contributed by atoms with Gasteiger partial charge in [0.2, 0.25) is 0 Å². The van der Waals surface area contributed by atoms with Crippen molar-refractivity contribution in [3.8, 4) is 0 Å². The summed E-state index contributed by atoms with van der Waals surface area (Å²) in [7, 11) is 0. The molecule has 1 fully saturated rings. The maximum atomic E-state index is 6.05. The molecule has 4 nitrogen and oxygen atoms in total. The standard InChI is InChI=1S/C13H13Cl2N3OS/c14-10-3-1-9(2-4-10)12-8-18(5-6-19-12)7-11-13(15)20-17-16-11/h1-4,12H,5-8H2. The van der Waals surface area contributed by atoms with Gasteiger partial charge < -0.3 is 4.74 Å². The van der Waals surface area contributed by atoms with Crippen LogP contribution in [0.15, 0.2) is 24.3 Å². The molecule has 1 aliphatic heterocycles. The van der Waals surface area contributed by atoms with Crippen molar-refractivity contribution in [2.75, 3.05) is 19.7 Å². The first-order valence-electron chi connectivity index (χ1n) is 6.28. The van der Waals surface area contributed by atoms with Crippen molar-refractivity contribution in [2.24, 2.45) is 0 Å². The summed E-state index contributed by atoms with van der Waals surface area (Å²) in [4.78, 5) is 2.28.